The maximum absolute atomic E-state index is 12.9. The second kappa shape index (κ2) is 10.7. The molecule has 1 aliphatic heterocycles. The molecule has 1 aliphatic carbocycles. The minimum atomic E-state index is -4.25. The summed E-state index contributed by atoms with van der Waals surface area (Å²) in [6.07, 6.45) is 7.98. The van der Waals surface area contributed by atoms with E-state index in [-0.39, 0.29) is 11.6 Å². The van der Waals surface area contributed by atoms with Crippen LogP contribution in [0.4, 0.5) is 0 Å². The van der Waals surface area contributed by atoms with Gasteiger partial charge in [-0.3, -0.25) is 14.5 Å². The van der Waals surface area contributed by atoms with Gasteiger partial charge in [-0.15, -0.1) is 0 Å². The molecule has 1 aromatic rings. The molecule has 0 aromatic heterocycles. The Bertz CT molecular complexity index is 783. The van der Waals surface area contributed by atoms with Crippen LogP contribution in [0, 0.1) is 0 Å². The highest BCUT2D eigenvalue weighted by Crippen LogP contribution is 2.32. The standard InChI is InChI=1S/C21H33N3O5S/c1-28-20(16-19-14-9-15-23(19)18-12-7-4-8-13-18)24(29-2)30(26,27)22-21(25)17-10-5-3-6-11-17/h3,5-6,10-11,18-20H,4,7-9,12-16H2,1-2H3,(H,22,25). The van der Waals surface area contributed by atoms with Gasteiger partial charge in [-0.2, -0.15) is 8.42 Å². The summed E-state index contributed by atoms with van der Waals surface area (Å²) in [5, 5.41) is 0. The summed E-state index contributed by atoms with van der Waals surface area (Å²) < 4.78 is 34.1. The predicted octanol–water partition coefficient (Wildman–Crippen LogP) is 2.68. The van der Waals surface area contributed by atoms with E-state index in [0.717, 1.165) is 23.9 Å². The highest BCUT2D eigenvalue weighted by molar-refractivity contribution is 7.87. The van der Waals surface area contributed by atoms with Gasteiger partial charge in [-0.05, 0) is 48.8 Å². The van der Waals surface area contributed by atoms with E-state index in [0.29, 0.717) is 12.5 Å². The van der Waals surface area contributed by atoms with Crippen LogP contribution in [-0.4, -0.2) is 62.8 Å². The first-order chi connectivity index (χ1) is 14.5. The molecular weight excluding hydrogens is 406 g/mol. The van der Waals surface area contributed by atoms with E-state index < -0.39 is 22.3 Å². The molecule has 30 heavy (non-hydrogen) atoms. The molecule has 1 saturated carbocycles. The van der Waals surface area contributed by atoms with E-state index >= 15 is 0 Å². The molecule has 8 nitrogen and oxygen atoms in total. The van der Waals surface area contributed by atoms with Crippen molar-refractivity contribution in [2.24, 2.45) is 0 Å². The Balaban J connectivity index is 1.68. The van der Waals surface area contributed by atoms with Crippen molar-refractivity contribution in [1.29, 1.82) is 0 Å². The number of ether oxygens (including phenoxy) is 1. The summed E-state index contributed by atoms with van der Waals surface area (Å²) in [5.41, 5.74) is 0.255. The molecular formula is C21H33N3O5S. The Labute approximate surface area is 179 Å². The van der Waals surface area contributed by atoms with Gasteiger partial charge in [0.25, 0.3) is 5.91 Å². The van der Waals surface area contributed by atoms with Crippen LogP contribution in [0.3, 0.4) is 0 Å². The van der Waals surface area contributed by atoms with E-state index in [1.54, 1.807) is 30.3 Å². The molecule has 1 saturated heterocycles. The molecule has 9 heteroatoms. The molecule has 1 amide bonds. The summed E-state index contributed by atoms with van der Waals surface area (Å²) in [6, 6.07) is 9.01. The quantitative estimate of drug-likeness (QED) is 0.470. The zero-order valence-corrected chi connectivity index (χ0v) is 18.6. The predicted molar refractivity (Wildman–Crippen MR) is 114 cm³/mol. The third-order valence-corrected chi connectivity index (χ3v) is 7.42. The van der Waals surface area contributed by atoms with Gasteiger partial charge in [0.2, 0.25) is 0 Å². The first kappa shape index (κ1) is 23.1. The third kappa shape index (κ3) is 5.59. The van der Waals surface area contributed by atoms with Gasteiger partial charge < -0.3 is 4.74 Å². The summed E-state index contributed by atoms with van der Waals surface area (Å²) in [5.74, 6) is -0.711. The van der Waals surface area contributed by atoms with Crippen molar-refractivity contribution in [2.45, 2.75) is 69.7 Å². The SMILES string of the molecule is COC(CC1CCCN1C1CCCCC1)N(OC)S(=O)(=O)NC(=O)c1ccccc1. The largest absolute Gasteiger partial charge is 0.363 e. The molecule has 2 fully saturated rings. The minimum Gasteiger partial charge on any atom is -0.363 e. The summed E-state index contributed by atoms with van der Waals surface area (Å²) >= 11 is 0. The van der Waals surface area contributed by atoms with Crippen LogP contribution in [0.1, 0.15) is 61.7 Å². The summed E-state index contributed by atoms with van der Waals surface area (Å²) in [6.45, 7) is 1.04. The number of carbonyl (C=O) groups excluding carboxylic acids is 1. The fraction of sp³-hybridized carbons (Fsp3) is 0.667. The molecule has 168 valence electrons. The second-order valence-corrected chi connectivity index (χ2v) is 9.51. The number of amides is 1. The zero-order valence-electron chi connectivity index (χ0n) is 17.8. The number of carbonyl (C=O) groups is 1. The lowest BCUT2D eigenvalue weighted by molar-refractivity contribution is -0.171. The molecule has 0 bridgehead atoms. The number of methoxy groups -OCH3 is 1. The van der Waals surface area contributed by atoms with Crippen LogP contribution in [0.25, 0.3) is 0 Å². The van der Waals surface area contributed by atoms with Crippen LogP contribution >= 0.6 is 0 Å². The van der Waals surface area contributed by atoms with Crippen molar-refractivity contribution < 1.29 is 22.8 Å². The van der Waals surface area contributed by atoms with Crippen molar-refractivity contribution in [1.82, 2.24) is 14.1 Å². The van der Waals surface area contributed by atoms with Gasteiger partial charge >= 0.3 is 10.2 Å². The number of nitrogens with one attached hydrogen (secondary N) is 1. The topological polar surface area (TPSA) is 88.2 Å². The average molecular weight is 440 g/mol. The fourth-order valence-electron chi connectivity index (χ4n) is 4.69. The first-order valence-corrected chi connectivity index (χ1v) is 12.1. The van der Waals surface area contributed by atoms with E-state index in [1.807, 2.05) is 0 Å². The van der Waals surface area contributed by atoms with E-state index in [2.05, 4.69) is 9.62 Å². The van der Waals surface area contributed by atoms with Gasteiger partial charge in [-0.25, -0.2) is 4.72 Å². The number of nitrogens with zero attached hydrogens (tertiary/aromatic N) is 2. The van der Waals surface area contributed by atoms with Crippen LogP contribution in [0.2, 0.25) is 0 Å². The van der Waals surface area contributed by atoms with E-state index in [4.69, 9.17) is 9.57 Å². The highest BCUT2D eigenvalue weighted by Gasteiger charge is 2.38. The molecule has 1 heterocycles. The zero-order chi connectivity index (χ0) is 21.6. The van der Waals surface area contributed by atoms with Crippen molar-refractivity contribution in [3.05, 3.63) is 35.9 Å². The number of likely N-dealkylation sites (tertiary alicyclic amines) is 1. The number of rotatable bonds is 9. The number of hydrogen-bond acceptors (Lipinski definition) is 6. The minimum absolute atomic E-state index is 0.232. The molecule has 1 aromatic carbocycles. The highest BCUT2D eigenvalue weighted by atomic mass is 32.2. The lowest BCUT2D eigenvalue weighted by Gasteiger charge is -2.37. The molecule has 2 atom stereocenters. The fourth-order valence-corrected chi connectivity index (χ4v) is 5.81. The van der Waals surface area contributed by atoms with E-state index in [1.165, 1.54) is 46.3 Å². The molecule has 1 N–H and O–H groups in total. The Morgan fingerprint density at radius 2 is 1.83 bits per heavy atom. The Kier molecular flexibility index (Phi) is 8.24. The smallest absolute Gasteiger partial charge is 0.328 e. The van der Waals surface area contributed by atoms with Crippen LogP contribution in [0.5, 0.6) is 0 Å². The maximum Gasteiger partial charge on any atom is 0.328 e. The van der Waals surface area contributed by atoms with Gasteiger partial charge in [-0.1, -0.05) is 37.5 Å². The van der Waals surface area contributed by atoms with Gasteiger partial charge in [0.1, 0.15) is 0 Å². The van der Waals surface area contributed by atoms with Crippen LogP contribution in [-0.2, 0) is 19.8 Å². The lowest BCUT2D eigenvalue weighted by Crippen LogP contribution is -2.51. The van der Waals surface area contributed by atoms with Gasteiger partial charge in [0, 0.05) is 31.2 Å². The first-order valence-electron chi connectivity index (χ1n) is 10.7. The summed E-state index contributed by atoms with van der Waals surface area (Å²) in [4.78, 5) is 20.1. The lowest BCUT2D eigenvalue weighted by atomic mass is 9.93. The molecule has 0 spiro atoms. The van der Waals surface area contributed by atoms with Crippen LogP contribution < -0.4 is 4.72 Å². The van der Waals surface area contributed by atoms with Crippen molar-refractivity contribution in [2.75, 3.05) is 20.8 Å². The van der Waals surface area contributed by atoms with E-state index in [9.17, 15) is 13.2 Å². The Hall–Kier alpha value is -1.52. The molecule has 0 radical (unpaired) electrons. The van der Waals surface area contributed by atoms with Gasteiger partial charge in [0.05, 0.1) is 7.11 Å². The Morgan fingerprint density at radius 3 is 2.47 bits per heavy atom. The van der Waals surface area contributed by atoms with Gasteiger partial charge in [0.15, 0.2) is 6.23 Å². The number of hydroxylamine groups is 1. The monoisotopic (exact) mass is 439 g/mol. The van der Waals surface area contributed by atoms with Crippen LogP contribution in [0.15, 0.2) is 30.3 Å². The normalized spacial score (nSPS) is 22.3. The van der Waals surface area contributed by atoms with Crippen molar-refractivity contribution in [3.63, 3.8) is 0 Å². The third-order valence-electron chi connectivity index (χ3n) is 6.12. The Morgan fingerprint density at radius 1 is 1.13 bits per heavy atom. The maximum atomic E-state index is 12.9. The molecule has 2 unspecified atom stereocenters. The molecule has 2 aliphatic rings. The molecule has 3 rings (SSSR count). The second-order valence-electron chi connectivity index (χ2n) is 7.99. The van der Waals surface area contributed by atoms with Crippen molar-refractivity contribution >= 4 is 16.1 Å². The average Bonchev–Trinajstić information content (AvgIpc) is 3.22. The number of benzene rings is 1. The summed E-state index contributed by atoms with van der Waals surface area (Å²) in [7, 11) is -1.51. The number of hydrogen-bond donors (Lipinski definition) is 1. The van der Waals surface area contributed by atoms with Crippen molar-refractivity contribution in [3.8, 4) is 0 Å².